The monoisotopic (exact) mass is 816 g/mol. The number of benzene rings is 3. The van der Waals surface area contributed by atoms with Crippen molar-refractivity contribution in [3.8, 4) is 11.3 Å². The number of carbonyl (C=O) groups excluding carboxylic acids is 4. The van der Waals surface area contributed by atoms with E-state index in [-0.39, 0.29) is 39.9 Å². The first-order valence-corrected chi connectivity index (χ1v) is 21.1. The van der Waals surface area contributed by atoms with E-state index in [0.717, 1.165) is 81.3 Å². The zero-order chi connectivity index (χ0) is 40.6. The van der Waals surface area contributed by atoms with Crippen LogP contribution in [0.3, 0.4) is 0 Å². The summed E-state index contributed by atoms with van der Waals surface area (Å²) in [5.41, 5.74) is 7.76. The van der Waals surface area contributed by atoms with Crippen LogP contribution in [-0.4, -0.2) is 96.2 Å². The summed E-state index contributed by atoms with van der Waals surface area (Å²) in [5, 5.41) is 14.9. The van der Waals surface area contributed by atoms with Gasteiger partial charge in [0.05, 0.1) is 11.1 Å². The first kappa shape index (κ1) is 38.4. The first-order chi connectivity index (χ1) is 28.7. The fraction of sp³-hybridized carbons (Fsp3) is 0.349. The second-order valence-corrected chi connectivity index (χ2v) is 16.3. The molecular weight excluding hydrogens is 772 g/mol. The average Bonchev–Trinajstić information content (AvgIpc) is 3.85. The number of aldehydes is 1. The Morgan fingerprint density at radius 3 is 2.37 bits per heavy atom. The maximum Gasteiger partial charge on any atom is 0.328 e. The molecule has 4 amide bonds. The van der Waals surface area contributed by atoms with Gasteiger partial charge in [0.25, 0.3) is 5.91 Å². The van der Waals surface area contributed by atoms with Crippen molar-refractivity contribution >= 4 is 69.9 Å². The van der Waals surface area contributed by atoms with E-state index in [4.69, 9.17) is 5.10 Å². The minimum atomic E-state index is -0.603. The van der Waals surface area contributed by atoms with Crippen molar-refractivity contribution in [2.45, 2.75) is 39.2 Å². The van der Waals surface area contributed by atoms with Crippen molar-refractivity contribution in [3.05, 3.63) is 93.6 Å². The number of anilines is 6. The fourth-order valence-electron chi connectivity index (χ4n) is 8.69. The van der Waals surface area contributed by atoms with Gasteiger partial charge in [-0.25, -0.2) is 18.9 Å². The third kappa shape index (κ3) is 7.77. The van der Waals surface area contributed by atoms with Crippen LogP contribution >= 0.6 is 11.3 Å². The molecular formula is C43H45FN10O4S. The molecule has 59 heavy (non-hydrogen) atoms. The van der Waals surface area contributed by atoms with Crippen molar-refractivity contribution in [1.29, 1.82) is 0 Å². The van der Waals surface area contributed by atoms with Gasteiger partial charge in [0.2, 0.25) is 5.91 Å². The van der Waals surface area contributed by atoms with Crippen LogP contribution < -0.4 is 30.7 Å². The molecule has 0 saturated carbocycles. The maximum atomic E-state index is 15.9. The van der Waals surface area contributed by atoms with Gasteiger partial charge >= 0.3 is 6.03 Å². The molecule has 14 nitrogen and oxygen atoms in total. The van der Waals surface area contributed by atoms with E-state index in [1.54, 1.807) is 33.5 Å². The molecule has 0 atom stereocenters. The van der Waals surface area contributed by atoms with Gasteiger partial charge in [0.1, 0.15) is 23.1 Å². The van der Waals surface area contributed by atoms with E-state index in [2.05, 4.69) is 66.0 Å². The molecule has 0 unspecified atom stereocenters. The minimum absolute atomic E-state index is 0.159. The van der Waals surface area contributed by atoms with Gasteiger partial charge in [-0.05, 0) is 97.8 Å². The Kier molecular flexibility index (Phi) is 10.6. The molecule has 0 radical (unpaired) electrons. The van der Waals surface area contributed by atoms with E-state index >= 15 is 4.39 Å². The zero-order valence-electron chi connectivity index (χ0n) is 32.7. The molecule has 6 heterocycles. The Bertz CT molecular complexity index is 2400. The third-order valence-electron chi connectivity index (χ3n) is 12.1. The molecule has 0 bridgehead atoms. The highest BCUT2D eigenvalue weighted by Gasteiger charge is 2.29. The second kappa shape index (κ2) is 16.3. The summed E-state index contributed by atoms with van der Waals surface area (Å²) in [6.07, 6.45) is 3.97. The molecule has 3 aromatic carbocycles. The second-order valence-electron chi connectivity index (χ2n) is 15.6. The smallest absolute Gasteiger partial charge is 0.328 e. The predicted octanol–water partition coefficient (Wildman–Crippen LogP) is 6.30. The number of urea groups is 1. The first-order valence-electron chi connectivity index (χ1n) is 20.1. The van der Waals surface area contributed by atoms with Crippen molar-refractivity contribution < 1.29 is 23.6 Å². The Labute approximate surface area is 345 Å². The Balaban J connectivity index is 0.788. The number of nitrogens with zero attached hydrogens (tertiary/aromatic N) is 7. The van der Waals surface area contributed by atoms with E-state index < -0.39 is 11.7 Å². The highest BCUT2D eigenvalue weighted by molar-refractivity contribution is 7.07. The largest absolute Gasteiger partial charge is 0.372 e. The molecule has 304 valence electrons. The van der Waals surface area contributed by atoms with Gasteiger partial charge in [0, 0.05) is 105 Å². The van der Waals surface area contributed by atoms with E-state index in [1.165, 1.54) is 23.1 Å². The van der Waals surface area contributed by atoms with E-state index in [0.29, 0.717) is 49.8 Å². The SMILES string of the molecule is Cc1c(C(=O)Nc2cscn2)ccc(-c2nn3c(c2C=O)Nc2ccc(N4CCN(CC5CCN(c6ccc(N7CCC(=O)NC7=O)cc6)CC5)CC4)cc2CC3)c1F. The zero-order valence-corrected chi connectivity index (χ0v) is 33.6. The Hall–Kier alpha value is -6.13. The van der Waals surface area contributed by atoms with Gasteiger partial charge in [-0.15, -0.1) is 11.3 Å². The number of piperidine rings is 1. The number of halogens is 1. The van der Waals surface area contributed by atoms with E-state index in [9.17, 15) is 19.2 Å². The number of piperazine rings is 1. The summed E-state index contributed by atoms with van der Waals surface area (Å²) in [6.45, 7) is 9.43. The average molecular weight is 817 g/mol. The molecule has 3 N–H and O–H groups in total. The van der Waals surface area contributed by atoms with Crippen molar-refractivity contribution in [1.82, 2.24) is 25.0 Å². The molecule has 2 aromatic heterocycles. The van der Waals surface area contributed by atoms with Crippen LogP contribution in [0.15, 0.2) is 65.5 Å². The molecule has 4 aliphatic rings. The van der Waals surface area contributed by atoms with Crippen LogP contribution in [0.25, 0.3) is 11.3 Å². The van der Waals surface area contributed by atoms with E-state index in [1.807, 2.05) is 12.1 Å². The number of rotatable bonds is 9. The quantitative estimate of drug-likeness (QED) is 0.145. The molecule has 0 spiro atoms. The number of hydrogen-bond donors (Lipinski definition) is 3. The number of nitrogens with one attached hydrogen (secondary N) is 3. The molecule has 4 aliphatic heterocycles. The molecule has 9 rings (SSSR count). The van der Waals surface area contributed by atoms with Crippen molar-refractivity contribution in [2.75, 3.05) is 77.7 Å². The number of amides is 4. The molecule has 5 aromatic rings. The summed E-state index contributed by atoms with van der Waals surface area (Å²) in [6, 6.07) is 17.2. The summed E-state index contributed by atoms with van der Waals surface area (Å²) in [7, 11) is 0. The highest BCUT2D eigenvalue weighted by atomic mass is 32.1. The van der Waals surface area contributed by atoms with Crippen LogP contribution in [0.2, 0.25) is 0 Å². The number of imide groups is 1. The number of thiazole rings is 1. The fourth-order valence-corrected chi connectivity index (χ4v) is 9.18. The van der Waals surface area contributed by atoms with Crippen LogP contribution in [0, 0.1) is 18.7 Å². The van der Waals surface area contributed by atoms with Crippen LogP contribution in [0.5, 0.6) is 0 Å². The van der Waals surface area contributed by atoms with Crippen molar-refractivity contribution in [3.63, 3.8) is 0 Å². The maximum absolute atomic E-state index is 15.9. The lowest BCUT2D eigenvalue weighted by molar-refractivity contribution is -0.120. The standard InChI is InChI=1S/C43H45FN10O4S/c1-27-33(42(57)47-37-25-59-26-45-37)7-8-34(39(27)44)40-35(24-55)41-46-36-9-6-32(22-29(36)12-17-54(41)49-40)52-20-18-50(19-21-52)23-28-10-14-51(15-11-28)30-2-4-31(5-3-30)53-16-13-38(56)48-43(53)58/h2-9,22,24-26,28,46H,10-21,23H2,1H3,(H,47,57)(H,48,56,58). The third-order valence-corrected chi connectivity index (χ3v) is 12.6. The number of hydrogen-bond acceptors (Lipinski definition) is 11. The number of aromatic nitrogens is 3. The number of carbonyl (C=O) groups is 4. The van der Waals surface area contributed by atoms with Crippen molar-refractivity contribution in [2.24, 2.45) is 5.92 Å². The van der Waals surface area contributed by atoms with Crippen LogP contribution in [0.4, 0.5) is 43.6 Å². The number of fused-ring (bicyclic) bond motifs is 2. The summed E-state index contributed by atoms with van der Waals surface area (Å²) in [4.78, 5) is 62.3. The molecule has 16 heteroatoms. The summed E-state index contributed by atoms with van der Waals surface area (Å²) >= 11 is 1.35. The topological polar surface area (TPSA) is 148 Å². The van der Waals surface area contributed by atoms with Gasteiger partial charge in [-0.3, -0.25) is 29.5 Å². The lowest BCUT2D eigenvalue weighted by Gasteiger charge is -2.40. The molecule has 0 aliphatic carbocycles. The molecule has 3 fully saturated rings. The minimum Gasteiger partial charge on any atom is -0.372 e. The van der Waals surface area contributed by atoms with Gasteiger partial charge in [-0.1, -0.05) is 0 Å². The lowest BCUT2D eigenvalue weighted by Crippen LogP contribution is -2.49. The summed E-state index contributed by atoms with van der Waals surface area (Å²) < 4.78 is 17.6. The lowest BCUT2D eigenvalue weighted by atomic mass is 9.95. The van der Waals surface area contributed by atoms with Crippen LogP contribution in [0.1, 0.15) is 51.1 Å². The van der Waals surface area contributed by atoms with Gasteiger partial charge < -0.3 is 20.4 Å². The highest BCUT2D eigenvalue weighted by Crippen LogP contribution is 2.37. The normalized spacial score (nSPS) is 17.5. The summed E-state index contributed by atoms with van der Waals surface area (Å²) in [5.74, 6) is 0.276. The Morgan fingerprint density at radius 2 is 1.64 bits per heavy atom. The molecule has 3 saturated heterocycles. The van der Waals surface area contributed by atoms with Crippen LogP contribution in [-0.2, 0) is 17.8 Å². The van der Waals surface area contributed by atoms with Gasteiger partial charge in [-0.2, -0.15) is 5.10 Å². The Morgan fingerprint density at radius 1 is 0.898 bits per heavy atom. The number of aryl methyl sites for hydroxylation is 2. The predicted molar refractivity (Wildman–Crippen MR) is 227 cm³/mol. The van der Waals surface area contributed by atoms with Gasteiger partial charge in [0.15, 0.2) is 6.29 Å².